The van der Waals surface area contributed by atoms with Crippen LogP contribution in [-0.4, -0.2) is 42.6 Å². The van der Waals surface area contributed by atoms with Crippen molar-refractivity contribution in [2.45, 2.75) is 45.4 Å². The van der Waals surface area contributed by atoms with Gasteiger partial charge in [0, 0.05) is 24.9 Å². The monoisotopic (exact) mass is 456 g/mol. The van der Waals surface area contributed by atoms with Crippen LogP contribution in [0.3, 0.4) is 0 Å². The van der Waals surface area contributed by atoms with Gasteiger partial charge < -0.3 is 4.74 Å². The zero-order valence-corrected chi connectivity index (χ0v) is 19.6. The van der Waals surface area contributed by atoms with Crippen LogP contribution in [0.2, 0.25) is 0 Å². The second-order valence-corrected chi connectivity index (χ2v) is 8.54. The van der Waals surface area contributed by atoms with Gasteiger partial charge in [0.1, 0.15) is 5.69 Å². The van der Waals surface area contributed by atoms with Crippen LogP contribution >= 0.6 is 0 Å². The molecule has 8 heteroatoms. The molecular formula is C26H28N6O2. The molecule has 2 aliphatic heterocycles. The summed E-state index contributed by atoms with van der Waals surface area (Å²) in [6.07, 6.45) is 5.27. The molecule has 3 aromatic rings. The third-order valence-corrected chi connectivity index (χ3v) is 6.35. The van der Waals surface area contributed by atoms with Gasteiger partial charge in [-0.15, -0.1) is 0 Å². The van der Waals surface area contributed by atoms with Crippen LogP contribution in [0.1, 0.15) is 38.3 Å². The number of ether oxygens (including phenoxy) is 1. The Hall–Kier alpha value is -3.78. The van der Waals surface area contributed by atoms with E-state index in [0.29, 0.717) is 17.9 Å². The molecule has 0 aliphatic carbocycles. The van der Waals surface area contributed by atoms with Crippen molar-refractivity contribution in [1.82, 2.24) is 29.3 Å². The van der Waals surface area contributed by atoms with Crippen LogP contribution in [-0.2, 0) is 11.3 Å². The Morgan fingerprint density at radius 2 is 1.79 bits per heavy atom. The molecule has 0 radical (unpaired) electrons. The molecule has 0 amide bonds. The molecule has 1 aromatic heterocycles. The number of rotatable bonds is 8. The van der Waals surface area contributed by atoms with E-state index in [1.54, 1.807) is 18.0 Å². The van der Waals surface area contributed by atoms with Gasteiger partial charge in [-0.05, 0) is 43.2 Å². The molecule has 34 heavy (non-hydrogen) atoms. The topological polar surface area (TPSA) is 79.8 Å². The fraction of sp³-hybridized carbons (Fsp3) is 0.308. The Kier molecular flexibility index (Phi) is 5.98. The van der Waals surface area contributed by atoms with E-state index < -0.39 is 0 Å². The van der Waals surface area contributed by atoms with Gasteiger partial charge in [-0.25, -0.2) is 9.36 Å². The van der Waals surface area contributed by atoms with Gasteiger partial charge >= 0.3 is 0 Å². The van der Waals surface area contributed by atoms with E-state index in [2.05, 4.69) is 24.2 Å². The van der Waals surface area contributed by atoms with Gasteiger partial charge in [0.15, 0.2) is 5.69 Å². The zero-order valence-electron chi connectivity index (χ0n) is 19.6. The molecule has 2 atom stereocenters. The molecule has 0 fully saturated rings. The lowest BCUT2D eigenvalue weighted by Crippen LogP contribution is -2.31. The second kappa shape index (κ2) is 9.23. The predicted molar refractivity (Wildman–Crippen MR) is 131 cm³/mol. The van der Waals surface area contributed by atoms with E-state index in [0.717, 1.165) is 35.0 Å². The maximum Gasteiger partial charge on any atom is 0.297 e. The summed E-state index contributed by atoms with van der Waals surface area (Å²) in [5, 5.41) is 14.7. The molecule has 0 bridgehead atoms. The smallest absolute Gasteiger partial charge is 0.297 e. The highest BCUT2D eigenvalue weighted by atomic mass is 16.5. The summed E-state index contributed by atoms with van der Waals surface area (Å²) in [7, 11) is 1.67. The normalized spacial score (nSPS) is 13.5. The van der Waals surface area contributed by atoms with Crippen molar-refractivity contribution in [3.05, 3.63) is 82.9 Å². The largest absolute Gasteiger partial charge is 0.380 e. The van der Waals surface area contributed by atoms with E-state index in [9.17, 15) is 4.79 Å². The van der Waals surface area contributed by atoms with Crippen LogP contribution in [0.4, 0.5) is 0 Å². The zero-order chi connectivity index (χ0) is 23.7. The highest BCUT2D eigenvalue weighted by Crippen LogP contribution is 2.28. The number of para-hydroxylation sites is 1. The SMILES string of the molecule is CCC[C@H]([C@@H](C)OC)n1nc2c3ccccc3n(Cc3ccc(-n4cccn4)cc3)nc-2c1=O. The van der Waals surface area contributed by atoms with Crippen molar-refractivity contribution in [3.63, 3.8) is 0 Å². The Labute approximate surface area is 197 Å². The highest BCUT2D eigenvalue weighted by Gasteiger charge is 2.28. The number of methoxy groups -OCH3 is 1. The highest BCUT2D eigenvalue weighted by molar-refractivity contribution is 5.92. The molecule has 8 nitrogen and oxygen atoms in total. The maximum atomic E-state index is 13.4. The van der Waals surface area contributed by atoms with Gasteiger partial charge in [0.25, 0.3) is 5.56 Å². The van der Waals surface area contributed by atoms with E-state index >= 15 is 0 Å². The Balaban J connectivity index is 1.59. The molecule has 0 saturated heterocycles. The summed E-state index contributed by atoms with van der Waals surface area (Å²) in [4.78, 5) is 13.4. The molecule has 0 unspecified atom stereocenters. The summed E-state index contributed by atoms with van der Waals surface area (Å²) < 4.78 is 10.9. The summed E-state index contributed by atoms with van der Waals surface area (Å²) in [6, 6.07) is 17.9. The first-order valence-electron chi connectivity index (χ1n) is 11.6. The third kappa shape index (κ3) is 3.90. The van der Waals surface area contributed by atoms with Crippen LogP contribution in [0, 0.1) is 0 Å². The minimum absolute atomic E-state index is 0.131. The van der Waals surface area contributed by atoms with Gasteiger partial charge in [-0.1, -0.05) is 43.7 Å². The van der Waals surface area contributed by atoms with Gasteiger partial charge in [0.2, 0.25) is 0 Å². The Bertz CT molecular complexity index is 1420. The van der Waals surface area contributed by atoms with Gasteiger partial charge in [-0.3, -0.25) is 9.48 Å². The first-order valence-corrected chi connectivity index (χ1v) is 11.6. The number of hydrogen-bond acceptors (Lipinski definition) is 5. The maximum absolute atomic E-state index is 13.4. The van der Waals surface area contributed by atoms with Crippen molar-refractivity contribution in [2.75, 3.05) is 7.11 Å². The lowest BCUT2D eigenvalue weighted by Gasteiger charge is -2.21. The molecule has 5 rings (SSSR count). The van der Waals surface area contributed by atoms with Crippen molar-refractivity contribution in [3.8, 4) is 17.1 Å². The molecule has 0 N–H and O–H groups in total. The number of fused-ring (bicyclic) bond motifs is 3. The average molecular weight is 457 g/mol. The standard InChI is InChI=1S/C26H28N6O2/c1-4-8-22(18(2)34-3)32-26(33)25-24(29-32)21-9-5-6-10-23(21)31(28-25)17-19-11-13-20(14-12-19)30-16-7-15-27-30/h5-7,9-16,18,22H,4,8,17H2,1-3H3/t18-,22-/m1/s1. The molecule has 2 aromatic carbocycles. The number of aromatic nitrogens is 6. The summed E-state index contributed by atoms with van der Waals surface area (Å²) in [5.41, 5.74) is 3.85. The molecule has 174 valence electrons. The lowest BCUT2D eigenvalue weighted by atomic mass is 10.1. The first-order chi connectivity index (χ1) is 16.6. The lowest BCUT2D eigenvalue weighted by molar-refractivity contribution is 0.0614. The number of nitrogens with zero attached hydrogens (tertiary/aromatic N) is 6. The second-order valence-electron chi connectivity index (χ2n) is 8.54. The Morgan fingerprint density at radius 3 is 2.50 bits per heavy atom. The van der Waals surface area contributed by atoms with Crippen molar-refractivity contribution < 1.29 is 4.74 Å². The summed E-state index contributed by atoms with van der Waals surface area (Å²) in [6.45, 7) is 4.61. The van der Waals surface area contributed by atoms with E-state index in [4.69, 9.17) is 14.9 Å². The molecule has 0 spiro atoms. The van der Waals surface area contributed by atoms with Gasteiger partial charge in [0.05, 0.1) is 29.9 Å². The fourth-order valence-electron chi connectivity index (χ4n) is 4.46. The minimum Gasteiger partial charge on any atom is -0.380 e. The van der Waals surface area contributed by atoms with Crippen molar-refractivity contribution in [2.24, 2.45) is 0 Å². The van der Waals surface area contributed by atoms with Crippen LogP contribution in [0.5, 0.6) is 0 Å². The van der Waals surface area contributed by atoms with Crippen LogP contribution < -0.4 is 5.56 Å². The minimum atomic E-state index is -0.175. The first kappa shape index (κ1) is 22.0. The van der Waals surface area contributed by atoms with Gasteiger partial charge in [-0.2, -0.15) is 15.3 Å². The third-order valence-electron chi connectivity index (χ3n) is 6.35. The van der Waals surface area contributed by atoms with E-state index in [1.165, 1.54) is 0 Å². The van der Waals surface area contributed by atoms with Crippen LogP contribution in [0.15, 0.2) is 71.8 Å². The Morgan fingerprint density at radius 1 is 1.00 bits per heavy atom. The fourth-order valence-corrected chi connectivity index (χ4v) is 4.46. The van der Waals surface area contributed by atoms with Crippen molar-refractivity contribution >= 4 is 10.9 Å². The molecular weight excluding hydrogens is 428 g/mol. The number of hydrogen-bond donors (Lipinski definition) is 0. The summed E-state index contributed by atoms with van der Waals surface area (Å²) >= 11 is 0. The van der Waals surface area contributed by atoms with Crippen molar-refractivity contribution in [1.29, 1.82) is 0 Å². The quantitative estimate of drug-likeness (QED) is 0.348. The van der Waals surface area contributed by atoms with Crippen LogP contribution in [0.25, 0.3) is 28.0 Å². The molecule has 0 saturated carbocycles. The van der Waals surface area contributed by atoms with E-state index in [-0.39, 0.29) is 17.7 Å². The molecule has 2 aliphatic rings. The molecule has 3 heterocycles. The number of benzene rings is 2. The van der Waals surface area contributed by atoms with E-state index in [1.807, 2.05) is 64.9 Å². The predicted octanol–water partition coefficient (Wildman–Crippen LogP) is 4.31. The summed E-state index contributed by atoms with van der Waals surface area (Å²) in [5.74, 6) is 0. The average Bonchev–Trinajstić information content (AvgIpc) is 3.52.